The Morgan fingerprint density at radius 3 is 1.58 bits per heavy atom. The molecule has 1 heterocycles. The van der Waals surface area contributed by atoms with Gasteiger partial charge >= 0.3 is 5.97 Å². The van der Waals surface area contributed by atoms with Crippen LogP contribution >= 0.6 is 0 Å². The molecule has 24 heavy (non-hydrogen) atoms. The van der Waals surface area contributed by atoms with Crippen molar-refractivity contribution in [1.82, 2.24) is 0 Å². The van der Waals surface area contributed by atoms with E-state index in [0.29, 0.717) is 0 Å². The van der Waals surface area contributed by atoms with E-state index in [-0.39, 0.29) is 5.97 Å². The van der Waals surface area contributed by atoms with Gasteiger partial charge in [-0.3, -0.25) is 0 Å². The minimum atomic E-state index is -0.916. The van der Waals surface area contributed by atoms with Gasteiger partial charge < -0.3 is 4.74 Å². The monoisotopic (exact) mass is 312 g/mol. The number of hydrogen-bond acceptors (Lipinski definition) is 2. The number of ether oxygens (including phenoxy) is 1. The van der Waals surface area contributed by atoms with Gasteiger partial charge in [-0.25, -0.2) is 4.79 Å². The predicted octanol–water partition coefficient (Wildman–Crippen LogP) is 4.57. The number of cyclic esters (lactones) is 1. The number of rotatable bonds is 3. The SMILES string of the molecule is O=C1C=C(c2ccccc2)C(c2ccccc2)(c2ccccc2)O1. The lowest BCUT2D eigenvalue weighted by Gasteiger charge is -2.32. The summed E-state index contributed by atoms with van der Waals surface area (Å²) in [6, 6.07) is 29.7. The maximum atomic E-state index is 12.3. The Labute approximate surface area is 141 Å². The van der Waals surface area contributed by atoms with Gasteiger partial charge in [0, 0.05) is 22.8 Å². The number of carbonyl (C=O) groups excluding carboxylic acids is 1. The van der Waals surface area contributed by atoms with E-state index in [4.69, 9.17) is 4.74 Å². The summed E-state index contributed by atoms with van der Waals surface area (Å²) in [4.78, 5) is 12.3. The normalized spacial score (nSPS) is 15.7. The Kier molecular flexibility index (Phi) is 3.51. The summed E-state index contributed by atoms with van der Waals surface area (Å²) in [6.45, 7) is 0. The lowest BCUT2D eigenvalue weighted by Crippen LogP contribution is -2.30. The van der Waals surface area contributed by atoms with E-state index < -0.39 is 5.60 Å². The summed E-state index contributed by atoms with van der Waals surface area (Å²) in [7, 11) is 0. The maximum Gasteiger partial charge on any atom is 0.332 e. The average Bonchev–Trinajstić information content (AvgIpc) is 3.02. The van der Waals surface area contributed by atoms with Crippen molar-refractivity contribution >= 4 is 11.5 Å². The van der Waals surface area contributed by atoms with E-state index in [0.717, 1.165) is 22.3 Å². The molecule has 116 valence electrons. The third kappa shape index (κ3) is 2.24. The summed E-state index contributed by atoms with van der Waals surface area (Å²) < 4.78 is 5.96. The van der Waals surface area contributed by atoms with E-state index in [1.165, 1.54) is 0 Å². The summed E-state index contributed by atoms with van der Waals surface area (Å²) in [5.41, 5.74) is 2.82. The average molecular weight is 312 g/mol. The van der Waals surface area contributed by atoms with E-state index in [1.807, 2.05) is 91.0 Å². The summed E-state index contributed by atoms with van der Waals surface area (Å²) >= 11 is 0. The number of esters is 1. The molecule has 0 saturated carbocycles. The fraction of sp³-hybridized carbons (Fsp3) is 0.0455. The second-order valence-corrected chi connectivity index (χ2v) is 5.76. The zero-order chi connectivity index (χ0) is 16.4. The van der Waals surface area contributed by atoms with Crippen LogP contribution in [0.5, 0.6) is 0 Å². The highest BCUT2D eigenvalue weighted by Gasteiger charge is 2.46. The molecule has 2 nitrogen and oxygen atoms in total. The third-order valence-electron chi connectivity index (χ3n) is 4.34. The van der Waals surface area contributed by atoms with Crippen LogP contribution in [0.25, 0.3) is 5.57 Å². The van der Waals surface area contributed by atoms with Gasteiger partial charge in [0.25, 0.3) is 0 Å². The smallest absolute Gasteiger partial charge is 0.332 e. The Hall–Kier alpha value is -3.13. The van der Waals surface area contributed by atoms with Crippen molar-refractivity contribution in [2.45, 2.75) is 5.60 Å². The van der Waals surface area contributed by atoms with Gasteiger partial charge in [-0.2, -0.15) is 0 Å². The van der Waals surface area contributed by atoms with Gasteiger partial charge in [0.15, 0.2) is 5.60 Å². The standard InChI is InChI=1S/C22H16O2/c23-21-16-20(17-10-4-1-5-11-17)22(24-21,18-12-6-2-7-13-18)19-14-8-3-9-15-19/h1-16H. The highest BCUT2D eigenvalue weighted by atomic mass is 16.6. The molecule has 0 saturated heterocycles. The molecule has 3 aromatic carbocycles. The van der Waals surface area contributed by atoms with Gasteiger partial charge in [0.2, 0.25) is 0 Å². The molecular formula is C22H16O2. The first-order valence-electron chi connectivity index (χ1n) is 7.92. The van der Waals surface area contributed by atoms with Crippen LogP contribution in [0.3, 0.4) is 0 Å². The van der Waals surface area contributed by atoms with Crippen molar-refractivity contribution in [1.29, 1.82) is 0 Å². The van der Waals surface area contributed by atoms with Gasteiger partial charge in [-0.05, 0) is 5.56 Å². The molecule has 0 atom stereocenters. The van der Waals surface area contributed by atoms with Crippen molar-refractivity contribution in [2.75, 3.05) is 0 Å². The highest BCUT2D eigenvalue weighted by Crippen LogP contribution is 2.48. The van der Waals surface area contributed by atoms with Gasteiger partial charge in [0.05, 0.1) is 0 Å². The maximum absolute atomic E-state index is 12.3. The predicted molar refractivity (Wildman–Crippen MR) is 94.2 cm³/mol. The lowest BCUT2D eigenvalue weighted by molar-refractivity contribution is -0.143. The molecule has 2 heteroatoms. The molecule has 0 spiro atoms. The molecule has 0 amide bonds. The largest absolute Gasteiger partial charge is 0.441 e. The summed E-state index contributed by atoms with van der Waals surface area (Å²) in [6.07, 6.45) is 1.61. The zero-order valence-electron chi connectivity index (χ0n) is 13.1. The molecule has 0 fully saturated rings. The number of benzene rings is 3. The third-order valence-corrected chi connectivity index (χ3v) is 4.34. The molecule has 0 radical (unpaired) electrons. The fourth-order valence-corrected chi connectivity index (χ4v) is 3.30. The molecule has 1 aliphatic rings. The Morgan fingerprint density at radius 2 is 1.08 bits per heavy atom. The first kappa shape index (κ1) is 14.5. The number of hydrogen-bond donors (Lipinski definition) is 0. The van der Waals surface area contributed by atoms with Gasteiger partial charge in [-0.15, -0.1) is 0 Å². The highest BCUT2D eigenvalue weighted by molar-refractivity contribution is 6.00. The molecule has 0 unspecified atom stereocenters. The van der Waals surface area contributed by atoms with E-state index in [2.05, 4.69) is 0 Å². The Bertz CT molecular complexity index is 842. The van der Waals surface area contributed by atoms with Crippen LogP contribution in [0.4, 0.5) is 0 Å². The molecule has 4 rings (SSSR count). The molecule has 0 aliphatic carbocycles. The van der Waals surface area contributed by atoms with Crippen molar-refractivity contribution < 1.29 is 9.53 Å². The van der Waals surface area contributed by atoms with Crippen LogP contribution in [0, 0.1) is 0 Å². The van der Waals surface area contributed by atoms with E-state index in [1.54, 1.807) is 6.08 Å². The van der Waals surface area contributed by atoms with Gasteiger partial charge in [-0.1, -0.05) is 91.0 Å². The van der Waals surface area contributed by atoms with E-state index >= 15 is 0 Å². The molecule has 1 aliphatic heterocycles. The molecule has 0 bridgehead atoms. The fourth-order valence-electron chi connectivity index (χ4n) is 3.30. The van der Waals surface area contributed by atoms with Crippen LogP contribution in [-0.4, -0.2) is 5.97 Å². The first-order chi connectivity index (χ1) is 11.8. The van der Waals surface area contributed by atoms with Crippen molar-refractivity contribution in [3.05, 3.63) is 114 Å². The summed E-state index contributed by atoms with van der Waals surface area (Å²) in [5.74, 6) is -0.318. The molecular weight excluding hydrogens is 296 g/mol. The topological polar surface area (TPSA) is 26.3 Å². The van der Waals surface area contributed by atoms with Crippen molar-refractivity contribution in [3.63, 3.8) is 0 Å². The lowest BCUT2D eigenvalue weighted by atomic mass is 9.78. The Balaban J connectivity index is 2.00. The minimum absolute atomic E-state index is 0.318. The van der Waals surface area contributed by atoms with Crippen molar-refractivity contribution in [3.8, 4) is 0 Å². The second-order valence-electron chi connectivity index (χ2n) is 5.76. The van der Waals surface area contributed by atoms with Crippen LogP contribution in [0.15, 0.2) is 97.1 Å². The summed E-state index contributed by atoms with van der Waals surface area (Å²) in [5, 5.41) is 0. The van der Waals surface area contributed by atoms with Crippen molar-refractivity contribution in [2.24, 2.45) is 0 Å². The van der Waals surface area contributed by atoms with Gasteiger partial charge in [0.1, 0.15) is 0 Å². The van der Waals surface area contributed by atoms with Crippen LogP contribution in [0.2, 0.25) is 0 Å². The van der Waals surface area contributed by atoms with Crippen LogP contribution in [-0.2, 0) is 15.1 Å². The van der Waals surface area contributed by atoms with E-state index in [9.17, 15) is 4.79 Å². The number of carbonyl (C=O) groups is 1. The second kappa shape index (κ2) is 5.82. The first-order valence-corrected chi connectivity index (χ1v) is 7.92. The molecule has 0 aromatic heterocycles. The van der Waals surface area contributed by atoms with Crippen LogP contribution < -0.4 is 0 Å². The zero-order valence-corrected chi connectivity index (χ0v) is 13.1. The minimum Gasteiger partial charge on any atom is -0.441 e. The molecule has 3 aromatic rings. The Morgan fingerprint density at radius 1 is 0.625 bits per heavy atom. The molecule has 0 N–H and O–H groups in total. The van der Waals surface area contributed by atoms with Crippen LogP contribution in [0.1, 0.15) is 16.7 Å². The quantitative estimate of drug-likeness (QED) is 0.662.